The van der Waals surface area contributed by atoms with Crippen LogP contribution in [0.5, 0.6) is 0 Å². The average molecular weight is 311 g/mol. The van der Waals surface area contributed by atoms with E-state index in [-0.39, 0.29) is 18.3 Å². The molecule has 4 heteroatoms. The van der Waals surface area contributed by atoms with Crippen LogP contribution in [0.4, 0.5) is 0 Å². The van der Waals surface area contributed by atoms with Crippen molar-refractivity contribution in [2.45, 2.75) is 51.2 Å². The van der Waals surface area contributed by atoms with E-state index < -0.39 is 0 Å². The predicted octanol–water partition coefficient (Wildman–Crippen LogP) is 3.19. The summed E-state index contributed by atoms with van der Waals surface area (Å²) in [5.41, 5.74) is 3.09. The summed E-state index contributed by atoms with van der Waals surface area (Å²) in [6.07, 6.45) is 0. The first-order valence-electron chi connectivity index (χ1n) is 6.28. The number of alkyl halides is 1. The monoisotopic (exact) mass is 310 g/mol. The molecular formula is C14H20BBrO2. The highest BCUT2D eigenvalue weighted by Gasteiger charge is 2.51. The van der Waals surface area contributed by atoms with Gasteiger partial charge in [-0.05, 0) is 51.2 Å². The van der Waals surface area contributed by atoms with E-state index >= 15 is 0 Å². The lowest BCUT2D eigenvalue weighted by molar-refractivity contribution is 0.00578. The largest absolute Gasteiger partial charge is 0.494 e. The molecule has 0 amide bonds. The molecule has 1 aliphatic heterocycles. The molecule has 0 aromatic heterocycles. The van der Waals surface area contributed by atoms with Crippen LogP contribution < -0.4 is 5.46 Å². The number of aryl methyl sites for hydroxylation is 1. The number of hydrogen-bond donors (Lipinski definition) is 0. The maximum atomic E-state index is 6.05. The Morgan fingerprint density at radius 2 is 1.67 bits per heavy atom. The summed E-state index contributed by atoms with van der Waals surface area (Å²) >= 11 is 3.51. The zero-order valence-corrected chi connectivity index (χ0v) is 13.3. The van der Waals surface area contributed by atoms with Gasteiger partial charge < -0.3 is 9.31 Å². The van der Waals surface area contributed by atoms with E-state index in [9.17, 15) is 0 Å². The summed E-state index contributed by atoms with van der Waals surface area (Å²) in [6.45, 7) is 10.4. The van der Waals surface area contributed by atoms with E-state index in [1.54, 1.807) is 0 Å². The average Bonchev–Trinajstić information content (AvgIpc) is 2.49. The van der Waals surface area contributed by atoms with E-state index in [1.165, 1.54) is 11.1 Å². The molecule has 0 saturated carbocycles. The van der Waals surface area contributed by atoms with Crippen molar-refractivity contribution in [1.29, 1.82) is 0 Å². The van der Waals surface area contributed by atoms with Crippen LogP contribution in [0.3, 0.4) is 0 Å². The first-order chi connectivity index (χ1) is 8.27. The minimum atomic E-state index is -0.281. The van der Waals surface area contributed by atoms with Crippen LogP contribution in [0.25, 0.3) is 0 Å². The summed E-state index contributed by atoms with van der Waals surface area (Å²) in [5.74, 6) is 0. The third-order valence-electron chi connectivity index (χ3n) is 4.04. The molecule has 1 aromatic carbocycles. The molecule has 0 aliphatic carbocycles. The van der Waals surface area contributed by atoms with Gasteiger partial charge in [0.15, 0.2) is 0 Å². The van der Waals surface area contributed by atoms with Gasteiger partial charge >= 0.3 is 7.12 Å². The molecular weight excluding hydrogens is 291 g/mol. The molecule has 0 radical (unpaired) electrons. The van der Waals surface area contributed by atoms with Crippen molar-refractivity contribution < 1.29 is 9.31 Å². The fourth-order valence-electron chi connectivity index (χ4n) is 1.96. The van der Waals surface area contributed by atoms with Gasteiger partial charge in [0.25, 0.3) is 0 Å². The normalized spacial score (nSPS) is 21.3. The molecule has 0 spiro atoms. The van der Waals surface area contributed by atoms with Crippen LogP contribution in [0, 0.1) is 6.92 Å². The Bertz CT molecular complexity index is 441. The molecule has 1 saturated heterocycles. The molecule has 1 aromatic rings. The SMILES string of the molecule is Cc1ccc(B2OC(C)(C)C(C)(C)O2)cc1CBr. The van der Waals surface area contributed by atoms with Gasteiger partial charge in [-0.25, -0.2) is 0 Å². The molecule has 0 unspecified atom stereocenters. The first kappa shape index (κ1) is 14.1. The second-order valence-corrected chi connectivity index (χ2v) is 6.47. The summed E-state index contributed by atoms with van der Waals surface area (Å²) in [6, 6.07) is 6.37. The number of rotatable bonds is 2. The van der Waals surface area contributed by atoms with E-state index in [4.69, 9.17) is 9.31 Å². The van der Waals surface area contributed by atoms with Crippen LogP contribution in [-0.2, 0) is 14.6 Å². The lowest BCUT2D eigenvalue weighted by Crippen LogP contribution is -2.41. The molecule has 0 N–H and O–H groups in total. The maximum Gasteiger partial charge on any atom is 0.494 e. The van der Waals surface area contributed by atoms with Crippen molar-refractivity contribution in [3.05, 3.63) is 29.3 Å². The minimum absolute atomic E-state index is 0.270. The maximum absolute atomic E-state index is 6.05. The van der Waals surface area contributed by atoms with Gasteiger partial charge in [-0.3, -0.25) is 0 Å². The van der Waals surface area contributed by atoms with Crippen LogP contribution in [0.2, 0.25) is 0 Å². The Morgan fingerprint density at radius 1 is 1.11 bits per heavy atom. The lowest BCUT2D eigenvalue weighted by atomic mass is 9.78. The van der Waals surface area contributed by atoms with E-state index in [2.05, 4.69) is 68.7 Å². The van der Waals surface area contributed by atoms with Gasteiger partial charge in [0.2, 0.25) is 0 Å². The fraction of sp³-hybridized carbons (Fsp3) is 0.571. The molecule has 98 valence electrons. The van der Waals surface area contributed by atoms with Crippen LogP contribution in [0.1, 0.15) is 38.8 Å². The van der Waals surface area contributed by atoms with Gasteiger partial charge in [-0.2, -0.15) is 0 Å². The number of hydrogen-bond acceptors (Lipinski definition) is 2. The van der Waals surface area contributed by atoms with E-state index in [0.717, 1.165) is 10.8 Å². The van der Waals surface area contributed by atoms with Gasteiger partial charge in [-0.1, -0.05) is 34.1 Å². The standard InChI is InChI=1S/C14H20BBrO2/c1-10-6-7-12(8-11(10)9-16)15-17-13(2,3)14(4,5)18-15/h6-8H,9H2,1-5H3. The number of halogens is 1. The third kappa shape index (κ3) is 2.38. The topological polar surface area (TPSA) is 18.5 Å². The van der Waals surface area contributed by atoms with E-state index in [1.807, 2.05) is 0 Å². The summed E-state index contributed by atoms with van der Waals surface area (Å²) in [7, 11) is -0.270. The van der Waals surface area contributed by atoms with Gasteiger partial charge in [0, 0.05) is 5.33 Å². The smallest absolute Gasteiger partial charge is 0.399 e. The Hall–Kier alpha value is -0.315. The molecule has 2 nitrogen and oxygen atoms in total. The lowest BCUT2D eigenvalue weighted by Gasteiger charge is -2.32. The summed E-state index contributed by atoms with van der Waals surface area (Å²) < 4.78 is 12.1. The fourth-order valence-corrected chi connectivity index (χ4v) is 2.57. The minimum Gasteiger partial charge on any atom is -0.399 e. The Labute approximate surface area is 118 Å². The van der Waals surface area contributed by atoms with Crippen LogP contribution in [-0.4, -0.2) is 18.3 Å². The highest BCUT2D eigenvalue weighted by molar-refractivity contribution is 9.08. The highest BCUT2D eigenvalue weighted by Crippen LogP contribution is 2.36. The molecule has 0 atom stereocenters. The van der Waals surface area contributed by atoms with Crippen LogP contribution in [0.15, 0.2) is 18.2 Å². The Kier molecular flexibility index (Phi) is 3.65. The first-order valence-corrected chi connectivity index (χ1v) is 7.40. The van der Waals surface area contributed by atoms with Crippen molar-refractivity contribution in [3.8, 4) is 0 Å². The highest BCUT2D eigenvalue weighted by atomic mass is 79.9. The number of benzene rings is 1. The Morgan fingerprint density at radius 3 is 2.17 bits per heavy atom. The zero-order valence-electron chi connectivity index (χ0n) is 11.7. The van der Waals surface area contributed by atoms with Crippen molar-refractivity contribution in [2.75, 3.05) is 0 Å². The summed E-state index contributed by atoms with van der Waals surface area (Å²) in [5, 5.41) is 0.853. The van der Waals surface area contributed by atoms with Crippen molar-refractivity contribution in [3.63, 3.8) is 0 Å². The van der Waals surface area contributed by atoms with Crippen LogP contribution >= 0.6 is 15.9 Å². The zero-order chi connectivity index (χ0) is 13.6. The molecule has 1 aliphatic rings. The molecule has 1 fully saturated rings. The summed E-state index contributed by atoms with van der Waals surface area (Å²) in [4.78, 5) is 0. The second-order valence-electron chi connectivity index (χ2n) is 5.91. The quantitative estimate of drug-likeness (QED) is 0.617. The molecule has 0 bridgehead atoms. The molecule has 18 heavy (non-hydrogen) atoms. The molecule has 2 rings (SSSR count). The van der Waals surface area contributed by atoms with Gasteiger partial charge in [0.1, 0.15) is 0 Å². The predicted molar refractivity (Wildman–Crippen MR) is 79.5 cm³/mol. The van der Waals surface area contributed by atoms with E-state index in [0.29, 0.717) is 0 Å². The van der Waals surface area contributed by atoms with Crippen molar-refractivity contribution in [1.82, 2.24) is 0 Å². The van der Waals surface area contributed by atoms with Gasteiger partial charge in [0.05, 0.1) is 11.2 Å². The Balaban J connectivity index is 2.30. The van der Waals surface area contributed by atoms with Crippen molar-refractivity contribution >= 4 is 28.5 Å². The second kappa shape index (κ2) is 4.66. The van der Waals surface area contributed by atoms with Gasteiger partial charge in [-0.15, -0.1) is 0 Å². The molecule has 1 heterocycles. The third-order valence-corrected chi connectivity index (χ3v) is 4.65. The van der Waals surface area contributed by atoms with Crippen molar-refractivity contribution in [2.24, 2.45) is 0 Å².